The lowest BCUT2D eigenvalue weighted by molar-refractivity contribution is -0.137. The SMILES string of the molecule is CC(NC(=O)CC(=O)N1CCN(C/C=C/c2ccccc2)CC1)c1ccccc1. The standard InChI is InChI=1S/C24H29N3O2/c1-20(22-12-6-3-7-13-22)25-23(28)19-24(29)27-17-15-26(16-18-27)14-8-11-21-9-4-2-5-10-21/h2-13,20H,14-19H2,1H3,(H,25,28)/b11-8+. The Kier molecular flexibility index (Phi) is 7.59. The molecule has 3 rings (SSSR count). The fourth-order valence-corrected chi connectivity index (χ4v) is 3.45. The Balaban J connectivity index is 1.38. The van der Waals surface area contributed by atoms with E-state index >= 15 is 0 Å². The number of carbonyl (C=O) groups is 2. The number of carbonyl (C=O) groups excluding carboxylic acids is 2. The molecule has 5 heteroatoms. The first kappa shape index (κ1) is 20.8. The number of piperazine rings is 1. The Morgan fingerprint density at radius 2 is 1.59 bits per heavy atom. The van der Waals surface area contributed by atoms with Crippen molar-refractivity contribution in [2.24, 2.45) is 0 Å². The number of hydrogen-bond donors (Lipinski definition) is 1. The molecule has 1 atom stereocenters. The molecule has 0 aromatic heterocycles. The van der Waals surface area contributed by atoms with Crippen LogP contribution in [0.3, 0.4) is 0 Å². The molecular formula is C24H29N3O2. The monoisotopic (exact) mass is 391 g/mol. The molecule has 1 heterocycles. The van der Waals surface area contributed by atoms with Crippen molar-refractivity contribution in [3.05, 3.63) is 77.9 Å². The number of hydrogen-bond acceptors (Lipinski definition) is 3. The van der Waals surface area contributed by atoms with E-state index in [0.29, 0.717) is 13.1 Å². The largest absolute Gasteiger partial charge is 0.349 e. The van der Waals surface area contributed by atoms with Crippen LogP contribution in [0.5, 0.6) is 0 Å². The van der Waals surface area contributed by atoms with Crippen LogP contribution in [-0.4, -0.2) is 54.3 Å². The fourth-order valence-electron chi connectivity index (χ4n) is 3.45. The molecule has 0 bridgehead atoms. The summed E-state index contributed by atoms with van der Waals surface area (Å²) in [4.78, 5) is 28.8. The molecule has 1 unspecified atom stereocenters. The van der Waals surface area contributed by atoms with Gasteiger partial charge in [0.2, 0.25) is 11.8 Å². The van der Waals surface area contributed by atoms with Crippen molar-refractivity contribution in [2.45, 2.75) is 19.4 Å². The van der Waals surface area contributed by atoms with Gasteiger partial charge in [-0.25, -0.2) is 0 Å². The van der Waals surface area contributed by atoms with Gasteiger partial charge in [0.1, 0.15) is 6.42 Å². The van der Waals surface area contributed by atoms with E-state index in [4.69, 9.17) is 0 Å². The molecule has 1 saturated heterocycles. The predicted molar refractivity (Wildman–Crippen MR) is 116 cm³/mol. The Morgan fingerprint density at radius 3 is 2.24 bits per heavy atom. The maximum Gasteiger partial charge on any atom is 0.232 e. The highest BCUT2D eigenvalue weighted by Gasteiger charge is 2.22. The lowest BCUT2D eigenvalue weighted by Gasteiger charge is -2.34. The molecular weight excluding hydrogens is 362 g/mol. The van der Waals surface area contributed by atoms with Crippen LogP contribution in [0.4, 0.5) is 0 Å². The van der Waals surface area contributed by atoms with Crippen molar-refractivity contribution in [3.63, 3.8) is 0 Å². The van der Waals surface area contributed by atoms with Crippen LogP contribution < -0.4 is 5.32 Å². The van der Waals surface area contributed by atoms with Gasteiger partial charge in [0.15, 0.2) is 0 Å². The molecule has 5 nitrogen and oxygen atoms in total. The summed E-state index contributed by atoms with van der Waals surface area (Å²) in [5.41, 5.74) is 2.22. The maximum atomic E-state index is 12.5. The topological polar surface area (TPSA) is 52.7 Å². The molecule has 1 N–H and O–H groups in total. The van der Waals surface area contributed by atoms with E-state index in [1.807, 2.05) is 55.5 Å². The number of rotatable bonds is 7. The van der Waals surface area contributed by atoms with Crippen molar-refractivity contribution in [1.29, 1.82) is 0 Å². The summed E-state index contributed by atoms with van der Waals surface area (Å²) in [7, 11) is 0. The molecule has 1 fully saturated rings. The van der Waals surface area contributed by atoms with E-state index in [9.17, 15) is 9.59 Å². The zero-order chi connectivity index (χ0) is 20.5. The minimum atomic E-state index is -0.223. The quantitative estimate of drug-likeness (QED) is 0.738. The second kappa shape index (κ2) is 10.6. The van der Waals surface area contributed by atoms with Gasteiger partial charge < -0.3 is 10.2 Å². The van der Waals surface area contributed by atoms with E-state index in [2.05, 4.69) is 34.5 Å². The summed E-state index contributed by atoms with van der Waals surface area (Å²) in [6.45, 7) is 5.78. The van der Waals surface area contributed by atoms with Crippen molar-refractivity contribution < 1.29 is 9.59 Å². The number of nitrogens with one attached hydrogen (secondary N) is 1. The van der Waals surface area contributed by atoms with Crippen LogP contribution in [0, 0.1) is 0 Å². The smallest absolute Gasteiger partial charge is 0.232 e. The van der Waals surface area contributed by atoms with Gasteiger partial charge in [0.25, 0.3) is 0 Å². The third kappa shape index (κ3) is 6.57. The summed E-state index contributed by atoms with van der Waals surface area (Å²) >= 11 is 0. The molecule has 1 aliphatic rings. The Morgan fingerprint density at radius 1 is 0.966 bits per heavy atom. The van der Waals surface area contributed by atoms with E-state index in [1.165, 1.54) is 5.56 Å². The van der Waals surface area contributed by atoms with Crippen LogP contribution in [-0.2, 0) is 9.59 Å². The number of benzene rings is 2. The molecule has 0 spiro atoms. The third-order valence-electron chi connectivity index (χ3n) is 5.19. The average Bonchev–Trinajstić information content (AvgIpc) is 2.75. The molecule has 0 saturated carbocycles. The average molecular weight is 392 g/mol. The maximum absolute atomic E-state index is 12.5. The molecule has 152 valence electrons. The van der Waals surface area contributed by atoms with Crippen molar-refractivity contribution in [2.75, 3.05) is 32.7 Å². The lowest BCUT2D eigenvalue weighted by atomic mass is 10.1. The van der Waals surface area contributed by atoms with Gasteiger partial charge in [0, 0.05) is 32.7 Å². The van der Waals surface area contributed by atoms with Gasteiger partial charge in [-0.1, -0.05) is 72.8 Å². The minimum absolute atomic E-state index is 0.0922. The first-order chi connectivity index (χ1) is 14.1. The molecule has 2 amide bonds. The zero-order valence-corrected chi connectivity index (χ0v) is 17.0. The summed E-state index contributed by atoms with van der Waals surface area (Å²) in [6, 6.07) is 19.9. The van der Waals surface area contributed by atoms with E-state index in [-0.39, 0.29) is 24.3 Å². The Labute approximate surface area is 173 Å². The molecule has 2 aromatic carbocycles. The van der Waals surface area contributed by atoms with Crippen LogP contribution in [0.2, 0.25) is 0 Å². The van der Waals surface area contributed by atoms with Crippen molar-refractivity contribution in [1.82, 2.24) is 15.1 Å². The fraction of sp³-hybridized carbons (Fsp3) is 0.333. The van der Waals surface area contributed by atoms with E-state index in [1.54, 1.807) is 4.90 Å². The summed E-state index contributed by atoms with van der Waals surface area (Å²) in [5, 5.41) is 2.91. The predicted octanol–water partition coefficient (Wildman–Crippen LogP) is 3.11. The Bertz CT molecular complexity index is 813. The van der Waals surface area contributed by atoms with Gasteiger partial charge in [-0.15, -0.1) is 0 Å². The highest BCUT2D eigenvalue weighted by molar-refractivity contribution is 5.97. The molecule has 0 radical (unpaired) electrons. The first-order valence-electron chi connectivity index (χ1n) is 10.2. The van der Waals surface area contributed by atoms with E-state index < -0.39 is 0 Å². The van der Waals surface area contributed by atoms with Gasteiger partial charge in [-0.2, -0.15) is 0 Å². The highest BCUT2D eigenvalue weighted by atomic mass is 16.2. The normalized spacial score (nSPS) is 16.0. The molecule has 0 aliphatic carbocycles. The van der Waals surface area contributed by atoms with Crippen LogP contribution >= 0.6 is 0 Å². The second-order valence-electron chi connectivity index (χ2n) is 7.37. The first-order valence-corrected chi connectivity index (χ1v) is 10.2. The van der Waals surface area contributed by atoms with Crippen LogP contribution in [0.1, 0.15) is 30.5 Å². The highest BCUT2D eigenvalue weighted by Crippen LogP contribution is 2.12. The number of nitrogens with zero attached hydrogens (tertiary/aromatic N) is 2. The third-order valence-corrected chi connectivity index (χ3v) is 5.19. The Hall–Kier alpha value is -2.92. The molecule has 1 aliphatic heterocycles. The minimum Gasteiger partial charge on any atom is -0.349 e. The van der Waals surface area contributed by atoms with Gasteiger partial charge >= 0.3 is 0 Å². The number of amides is 2. The van der Waals surface area contributed by atoms with Crippen molar-refractivity contribution in [3.8, 4) is 0 Å². The zero-order valence-electron chi connectivity index (χ0n) is 17.0. The lowest BCUT2D eigenvalue weighted by Crippen LogP contribution is -2.49. The van der Waals surface area contributed by atoms with Gasteiger partial charge in [-0.3, -0.25) is 14.5 Å². The molecule has 2 aromatic rings. The van der Waals surface area contributed by atoms with Gasteiger partial charge in [0.05, 0.1) is 6.04 Å². The second-order valence-corrected chi connectivity index (χ2v) is 7.37. The molecule has 29 heavy (non-hydrogen) atoms. The summed E-state index contributed by atoms with van der Waals surface area (Å²) in [5.74, 6) is -0.318. The summed E-state index contributed by atoms with van der Waals surface area (Å²) < 4.78 is 0. The van der Waals surface area contributed by atoms with E-state index in [0.717, 1.165) is 25.2 Å². The van der Waals surface area contributed by atoms with Crippen LogP contribution in [0.25, 0.3) is 6.08 Å². The van der Waals surface area contributed by atoms with Gasteiger partial charge in [-0.05, 0) is 18.1 Å². The summed E-state index contributed by atoms with van der Waals surface area (Å²) in [6.07, 6.45) is 4.19. The van der Waals surface area contributed by atoms with Crippen molar-refractivity contribution >= 4 is 17.9 Å². The van der Waals surface area contributed by atoms with Crippen LogP contribution in [0.15, 0.2) is 66.7 Å².